The van der Waals surface area contributed by atoms with Crippen LogP contribution in [0, 0.1) is 5.82 Å². The Morgan fingerprint density at radius 1 is 1.05 bits per heavy atom. The number of carbonyl (C=O) groups excluding carboxylic acids is 1. The summed E-state index contributed by atoms with van der Waals surface area (Å²) in [4.78, 5) is 12.2. The minimum absolute atomic E-state index is 0.147. The van der Waals surface area contributed by atoms with Crippen LogP contribution in [0.15, 0.2) is 42.5 Å². The molecule has 3 rings (SSSR count). The van der Waals surface area contributed by atoms with Crippen LogP contribution in [0.4, 0.5) is 4.39 Å². The van der Waals surface area contributed by atoms with Gasteiger partial charge in [0.15, 0.2) is 0 Å². The number of nitrogens with one attached hydrogen (secondary N) is 1. The molecular formula is C18H18FNO. The van der Waals surface area contributed by atoms with E-state index in [4.69, 9.17) is 0 Å². The van der Waals surface area contributed by atoms with Crippen molar-refractivity contribution in [2.75, 3.05) is 0 Å². The third-order valence-electron chi connectivity index (χ3n) is 4.01. The van der Waals surface area contributed by atoms with Gasteiger partial charge in [0, 0.05) is 17.7 Å². The van der Waals surface area contributed by atoms with E-state index in [1.807, 2.05) is 18.2 Å². The van der Waals surface area contributed by atoms with Crippen molar-refractivity contribution in [1.82, 2.24) is 5.32 Å². The first-order valence-corrected chi connectivity index (χ1v) is 7.37. The molecule has 1 N–H and O–H groups in total. The summed E-state index contributed by atoms with van der Waals surface area (Å²) in [5.74, 6) is -0.435. The fraction of sp³-hybridized carbons (Fsp3) is 0.278. The third kappa shape index (κ3) is 3.13. The SMILES string of the molecule is O=C(NCc1ccccc1F)c1ccc2c(c1)CCCC2. The van der Waals surface area contributed by atoms with E-state index in [1.54, 1.807) is 18.2 Å². The van der Waals surface area contributed by atoms with Crippen molar-refractivity contribution in [3.8, 4) is 0 Å². The fourth-order valence-corrected chi connectivity index (χ4v) is 2.79. The Kier molecular flexibility index (Phi) is 4.00. The Morgan fingerprint density at radius 3 is 2.62 bits per heavy atom. The number of hydrogen-bond acceptors (Lipinski definition) is 1. The third-order valence-corrected chi connectivity index (χ3v) is 4.01. The number of fused-ring (bicyclic) bond motifs is 1. The Hall–Kier alpha value is -2.16. The molecule has 108 valence electrons. The predicted molar refractivity (Wildman–Crippen MR) is 80.7 cm³/mol. The lowest BCUT2D eigenvalue weighted by Gasteiger charge is -2.16. The molecule has 0 heterocycles. The van der Waals surface area contributed by atoms with Gasteiger partial charge in [-0.2, -0.15) is 0 Å². The Balaban J connectivity index is 1.69. The van der Waals surface area contributed by atoms with E-state index in [0.29, 0.717) is 11.1 Å². The molecule has 0 aromatic heterocycles. The largest absolute Gasteiger partial charge is 0.348 e. The minimum Gasteiger partial charge on any atom is -0.348 e. The summed E-state index contributed by atoms with van der Waals surface area (Å²) in [5, 5.41) is 2.78. The van der Waals surface area contributed by atoms with Crippen LogP contribution in [0.5, 0.6) is 0 Å². The van der Waals surface area contributed by atoms with Gasteiger partial charge in [-0.15, -0.1) is 0 Å². The molecule has 1 aliphatic rings. The van der Waals surface area contributed by atoms with Gasteiger partial charge >= 0.3 is 0 Å². The van der Waals surface area contributed by atoms with Crippen LogP contribution in [0.3, 0.4) is 0 Å². The first-order chi connectivity index (χ1) is 10.2. The first-order valence-electron chi connectivity index (χ1n) is 7.37. The lowest BCUT2D eigenvalue weighted by molar-refractivity contribution is 0.0950. The summed E-state index contributed by atoms with van der Waals surface area (Å²) in [6.45, 7) is 0.211. The van der Waals surface area contributed by atoms with Crippen molar-refractivity contribution in [2.45, 2.75) is 32.2 Å². The zero-order valence-corrected chi connectivity index (χ0v) is 11.9. The number of rotatable bonds is 3. The lowest BCUT2D eigenvalue weighted by Crippen LogP contribution is -2.23. The second kappa shape index (κ2) is 6.08. The topological polar surface area (TPSA) is 29.1 Å². The van der Waals surface area contributed by atoms with Crippen LogP contribution in [-0.4, -0.2) is 5.91 Å². The van der Waals surface area contributed by atoms with E-state index in [0.717, 1.165) is 12.8 Å². The molecule has 0 bridgehead atoms. The molecule has 0 radical (unpaired) electrons. The lowest BCUT2D eigenvalue weighted by atomic mass is 9.90. The van der Waals surface area contributed by atoms with E-state index >= 15 is 0 Å². The molecule has 0 saturated heterocycles. The maximum atomic E-state index is 13.5. The van der Waals surface area contributed by atoms with Crippen LogP contribution < -0.4 is 5.32 Å². The van der Waals surface area contributed by atoms with Crippen LogP contribution in [0.2, 0.25) is 0 Å². The molecule has 0 saturated carbocycles. The summed E-state index contributed by atoms with van der Waals surface area (Å²) >= 11 is 0. The quantitative estimate of drug-likeness (QED) is 0.915. The molecule has 0 atom stereocenters. The Bertz CT molecular complexity index is 666. The summed E-state index contributed by atoms with van der Waals surface area (Å²) in [6.07, 6.45) is 4.56. The van der Waals surface area contributed by atoms with Crippen LogP contribution >= 0.6 is 0 Å². The van der Waals surface area contributed by atoms with Gasteiger partial charge in [0.25, 0.3) is 5.91 Å². The van der Waals surface area contributed by atoms with Crippen molar-refractivity contribution in [1.29, 1.82) is 0 Å². The van der Waals surface area contributed by atoms with Crippen molar-refractivity contribution in [2.24, 2.45) is 0 Å². The number of halogens is 1. The highest BCUT2D eigenvalue weighted by atomic mass is 19.1. The number of carbonyl (C=O) groups is 1. The molecule has 0 fully saturated rings. The van der Waals surface area contributed by atoms with E-state index in [-0.39, 0.29) is 18.3 Å². The van der Waals surface area contributed by atoms with Crippen molar-refractivity contribution in [3.63, 3.8) is 0 Å². The summed E-state index contributed by atoms with van der Waals surface area (Å²) in [6, 6.07) is 12.4. The highest BCUT2D eigenvalue weighted by Crippen LogP contribution is 2.22. The van der Waals surface area contributed by atoms with Gasteiger partial charge in [-0.25, -0.2) is 4.39 Å². The number of hydrogen-bond donors (Lipinski definition) is 1. The van der Waals surface area contributed by atoms with Gasteiger partial charge in [-0.1, -0.05) is 24.3 Å². The maximum Gasteiger partial charge on any atom is 0.251 e. The molecule has 0 aliphatic heterocycles. The zero-order chi connectivity index (χ0) is 14.7. The Labute approximate surface area is 124 Å². The molecule has 21 heavy (non-hydrogen) atoms. The molecule has 2 aromatic rings. The van der Waals surface area contributed by atoms with Crippen LogP contribution in [0.25, 0.3) is 0 Å². The minimum atomic E-state index is -0.289. The highest BCUT2D eigenvalue weighted by Gasteiger charge is 2.13. The standard InChI is InChI=1S/C18H18FNO/c19-17-8-4-3-7-16(17)12-20-18(21)15-10-9-13-5-1-2-6-14(13)11-15/h3-4,7-11H,1-2,5-6,12H2,(H,20,21). The smallest absolute Gasteiger partial charge is 0.251 e. The van der Waals surface area contributed by atoms with E-state index in [9.17, 15) is 9.18 Å². The zero-order valence-electron chi connectivity index (χ0n) is 11.9. The number of aryl methyl sites for hydroxylation is 2. The molecule has 0 unspecified atom stereocenters. The molecule has 1 amide bonds. The van der Waals surface area contributed by atoms with Crippen molar-refractivity contribution < 1.29 is 9.18 Å². The van der Waals surface area contributed by atoms with Gasteiger partial charge in [0.1, 0.15) is 5.82 Å². The second-order valence-electron chi connectivity index (χ2n) is 5.46. The summed E-state index contributed by atoms with van der Waals surface area (Å²) in [5.41, 5.74) is 3.79. The average molecular weight is 283 g/mol. The molecule has 3 heteroatoms. The highest BCUT2D eigenvalue weighted by molar-refractivity contribution is 5.94. The van der Waals surface area contributed by atoms with Crippen LogP contribution in [-0.2, 0) is 19.4 Å². The average Bonchev–Trinajstić information content (AvgIpc) is 2.53. The normalized spacial score (nSPS) is 13.6. The van der Waals surface area contributed by atoms with Gasteiger partial charge < -0.3 is 5.32 Å². The van der Waals surface area contributed by atoms with Crippen molar-refractivity contribution >= 4 is 5.91 Å². The molecular weight excluding hydrogens is 265 g/mol. The monoisotopic (exact) mass is 283 g/mol. The predicted octanol–water partition coefficient (Wildman–Crippen LogP) is 3.63. The molecule has 2 nitrogen and oxygen atoms in total. The first kappa shape index (κ1) is 13.8. The Morgan fingerprint density at radius 2 is 1.81 bits per heavy atom. The van der Waals surface area contributed by atoms with Gasteiger partial charge in [-0.3, -0.25) is 4.79 Å². The second-order valence-corrected chi connectivity index (χ2v) is 5.46. The number of amides is 1. The summed E-state index contributed by atoms with van der Waals surface area (Å²) < 4.78 is 13.5. The van der Waals surface area contributed by atoms with Gasteiger partial charge in [0.2, 0.25) is 0 Å². The molecule has 2 aromatic carbocycles. The molecule has 1 aliphatic carbocycles. The number of benzene rings is 2. The maximum absolute atomic E-state index is 13.5. The van der Waals surface area contributed by atoms with E-state index in [1.165, 1.54) is 30.0 Å². The molecule has 0 spiro atoms. The summed E-state index contributed by atoms with van der Waals surface area (Å²) in [7, 11) is 0. The van der Waals surface area contributed by atoms with Gasteiger partial charge in [-0.05, 0) is 55.0 Å². The fourth-order valence-electron chi connectivity index (χ4n) is 2.79. The van der Waals surface area contributed by atoms with Crippen LogP contribution in [0.1, 0.15) is 39.9 Å². The van der Waals surface area contributed by atoms with Crippen molar-refractivity contribution in [3.05, 3.63) is 70.5 Å². The van der Waals surface area contributed by atoms with Gasteiger partial charge in [0.05, 0.1) is 0 Å². The van der Waals surface area contributed by atoms with E-state index < -0.39 is 0 Å². The van der Waals surface area contributed by atoms with E-state index in [2.05, 4.69) is 5.32 Å².